The van der Waals surface area contributed by atoms with E-state index in [4.69, 9.17) is 23.4 Å². The highest BCUT2D eigenvalue weighted by Crippen LogP contribution is 2.39. The van der Waals surface area contributed by atoms with Crippen LogP contribution in [0.25, 0.3) is 56.2 Å². The average molecular weight is 1090 g/mol. The molecule has 0 radical (unpaired) electrons. The Morgan fingerprint density at radius 1 is 0.410 bits per heavy atom. The van der Waals surface area contributed by atoms with Gasteiger partial charge in [-0.15, -0.1) is 0 Å². The second-order valence-electron chi connectivity index (χ2n) is 19.6. The van der Waals surface area contributed by atoms with Gasteiger partial charge in [0.1, 0.15) is 59.9 Å². The molecule has 15 rings (SSSR count). The monoisotopic (exact) mass is 1090 g/mol. The maximum absolute atomic E-state index is 12.3. The molecule has 8 heteroatoms. The van der Waals surface area contributed by atoms with Crippen molar-refractivity contribution in [1.29, 1.82) is 0 Å². The number of hydrogen-bond donors (Lipinski definition) is 2. The molecule has 0 saturated heterocycles. The summed E-state index contributed by atoms with van der Waals surface area (Å²) < 4.78 is 28.0. The molecule has 83 heavy (non-hydrogen) atoms. The van der Waals surface area contributed by atoms with E-state index in [0.29, 0.717) is 35.5 Å². The lowest BCUT2D eigenvalue weighted by Gasteiger charge is -2.22. The SMILES string of the molecule is C1=C(c2ccccc2)COc2ccccc21.C1=C(c2ccccc2)Cc2ccccc2O1.O=c1c(-c2ccccc2)coc2ccccc12.OC1=C(c2ccccc2)COc2ccccc21.OC1C(c2ccccc2)=COc2ccccc21. The Bertz CT molecular complexity index is 4150. The Balaban J connectivity index is 0.000000109. The van der Waals surface area contributed by atoms with Gasteiger partial charge in [-0.2, -0.15) is 0 Å². The highest BCUT2D eigenvalue weighted by atomic mass is 16.5. The number of aliphatic hydroxyl groups is 2. The first kappa shape index (κ1) is 54.3. The van der Waals surface area contributed by atoms with Gasteiger partial charge in [0, 0.05) is 28.7 Å². The van der Waals surface area contributed by atoms with E-state index in [1.165, 1.54) is 34.1 Å². The largest absolute Gasteiger partial charge is 0.507 e. The van der Waals surface area contributed by atoms with Crippen molar-refractivity contribution in [2.45, 2.75) is 12.5 Å². The zero-order chi connectivity index (χ0) is 56.6. The maximum atomic E-state index is 12.3. The zero-order valence-electron chi connectivity index (χ0n) is 45.3. The highest BCUT2D eigenvalue weighted by Gasteiger charge is 2.24. The molecule has 4 aliphatic heterocycles. The third-order valence-corrected chi connectivity index (χ3v) is 14.2. The molecular weight excluding hydrogens is 1030 g/mol. The molecule has 4 aliphatic rings. The van der Waals surface area contributed by atoms with Crippen LogP contribution in [0.15, 0.2) is 301 Å². The minimum Gasteiger partial charge on any atom is -0.507 e. The van der Waals surface area contributed by atoms with Crippen molar-refractivity contribution in [1.82, 2.24) is 0 Å². The molecule has 1 aromatic heterocycles. The lowest BCUT2D eigenvalue weighted by atomic mass is 9.94. The number of hydrogen-bond acceptors (Lipinski definition) is 8. The van der Waals surface area contributed by atoms with Gasteiger partial charge in [0.05, 0.1) is 29.0 Å². The van der Waals surface area contributed by atoms with Crippen LogP contribution >= 0.6 is 0 Å². The molecular formula is C75H58O8. The lowest BCUT2D eigenvalue weighted by Crippen LogP contribution is -2.10. The molecule has 11 aromatic rings. The highest BCUT2D eigenvalue weighted by molar-refractivity contribution is 5.91. The predicted molar refractivity (Wildman–Crippen MR) is 334 cm³/mol. The molecule has 1 unspecified atom stereocenters. The van der Waals surface area contributed by atoms with Crippen LogP contribution in [-0.2, 0) is 6.42 Å². The summed E-state index contributed by atoms with van der Waals surface area (Å²) in [5, 5.41) is 21.2. The minimum atomic E-state index is -0.623. The van der Waals surface area contributed by atoms with Crippen molar-refractivity contribution in [3.63, 3.8) is 0 Å². The summed E-state index contributed by atoms with van der Waals surface area (Å²) in [6, 6.07) is 88.5. The molecule has 0 saturated carbocycles. The predicted octanol–water partition coefficient (Wildman–Crippen LogP) is 17.4. The van der Waals surface area contributed by atoms with E-state index < -0.39 is 6.10 Å². The van der Waals surface area contributed by atoms with E-state index in [0.717, 1.165) is 73.9 Å². The van der Waals surface area contributed by atoms with Crippen LogP contribution < -0.4 is 24.4 Å². The number of rotatable bonds is 5. The molecule has 8 nitrogen and oxygen atoms in total. The molecule has 1 atom stereocenters. The summed E-state index contributed by atoms with van der Waals surface area (Å²) in [6.45, 7) is 1.06. The van der Waals surface area contributed by atoms with Gasteiger partial charge >= 0.3 is 0 Å². The van der Waals surface area contributed by atoms with E-state index in [2.05, 4.69) is 72.8 Å². The molecule has 0 amide bonds. The van der Waals surface area contributed by atoms with E-state index in [-0.39, 0.29) is 5.43 Å². The minimum absolute atomic E-state index is 0.0121. The molecule has 0 spiro atoms. The van der Waals surface area contributed by atoms with Gasteiger partial charge in [-0.05, 0) is 93.1 Å². The Morgan fingerprint density at radius 3 is 1.61 bits per heavy atom. The number of benzene rings is 10. The lowest BCUT2D eigenvalue weighted by molar-refractivity contribution is 0.224. The van der Waals surface area contributed by atoms with Gasteiger partial charge in [0.2, 0.25) is 0 Å². The van der Waals surface area contributed by atoms with Crippen LogP contribution in [-0.4, -0.2) is 23.4 Å². The fourth-order valence-corrected chi connectivity index (χ4v) is 9.86. The second-order valence-corrected chi connectivity index (χ2v) is 19.6. The van der Waals surface area contributed by atoms with Gasteiger partial charge in [0.25, 0.3) is 0 Å². The smallest absolute Gasteiger partial charge is 0.200 e. The first-order valence-electron chi connectivity index (χ1n) is 27.4. The molecule has 0 bridgehead atoms. The van der Waals surface area contributed by atoms with Crippen molar-refractivity contribution >= 4 is 45.1 Å². The van der Waals surface area contributed by atoms with Crippen molar-refractivity contribution in [3.8, 4) is 34.1 Å². The third kappa shape index (κ3) is 13.2. The molecule has 5 heterocycles. The Hall–Kier alpha value is -10.7. The quantitative estimate of drug-likeness (QED) is 0.176. The van der Waals surface area contributed by atoms with Crippen molar-refractivity contribution in [3.05, 3.63) is 347 Å². The summed E-state index contributed by atoms with van der Waals surface area (Å²) in [6.07, 6.45) is 7.54. The van der Waals surface area contributed by atoms with Gasteiger partial charge in [0.15, 0.2) is 5.43 Å². The van der Waals surface area contributed by atoms with Crippen LogP contribution in [0, 0.1) is 0 Å². The summed E-state index contributed by atoms with van der Waals surface area (Å²) in [5.74, 6) is 3.73. The number of para-hydroxylation sites is 5. The van der Waals surface area contributed by atoms with Gasteiger partial charge < -0.3 is 33.6 Å². The average Bonchev–Trinajstić information content (AvgIpc) is 3.75. The topological polar surface area (TPSA) is 108 Å². The van der Waals surface area contributed by atoms with E-state index >= 15 is 0 Å². The van der Waals surface area contributed by atoms with E-state index in [1.54, 1.807) is 18.4 Å². The fourth-order valence-electron chi connectivity index (χ4n) is 9.86. The Kier molecular flexibility index (Phi) is 17.4. The van der Waals surface area contributed by atoms with Crippen LogP contribution in [0.2, 0.25) is 0 Å². The van der Waals surface area contributed by atoms with Crippen LogP contribution in [0.5, 0.6) is 23.0 Å². The first-order chi connectivity index (χ1) is 40.9. The number of aliphatic hydroxyl groups excluding tert-OH is 2. The van der Waals surface area contributed by atoms with Gasteiger partial charge in [-0.25, -0.2) is 0 Å². The Morgan fingerprint density at radius 2 is 0.916 bits per heavy atom. The normalized spacial score (nSPS) is 14.0. The Labute approximate surface area is 482 Å². The second kappa shape index (κ2) is 26.5. The van der Waals surface area contributed by atoms with E-state index in [9.17, 15) is 15.0 Å². The number of ether oxygens (including phenoxy) is 4. The van der Waals surface area contributed by atoms with Crippen LogP contribution in [0.4, 0.5) is 0 Å². The van der Waals surface area contributed by atoms with Crippen LogP contribution in [0.1, 0.15) is 50.6 Å². The molecule has 0 aliphatic carbocycles. The van der Waals surface area contributed by atoms with Gasteiger partial charge in [-0.1, -0.05) is 231 Å². The molecule has 406 valence electrons. The standard InChI is InChI=1S/2C15H12O2.C15H10O2.2C15H12O/c3*16-15-12-8-4-5-9-14(12)17-10-13(15)11-6-2-1-3-7-11;2*1-2-6-12(7-3-1)14-10-13-8-4-5-9-15(13)16-11-14/h1-9,16H,10H2;1-10,15-16H;1-10H;1-9,11H,10H2;1-10H,11H2. The van der Waals surface area contributed by atoms with Crippen molar-refractivity contribution in [2.24, 2.45) is 0 Å². The number of allylic oxidation sites excluding steroid dienone is 1. The molecule has 2 N–H and O–H groups in total. The zero-order valence-corrected chi connectivity index (χ0v) is 45.3. The fraction of sp³-hybridized carbons (Fsp3) is 0.0533. The summed E-state index contributed by atoms with van der Waals surface area (Å²) >= 11 is 0. The van der Waals surface area contributed by atoms with Crippen LogP contribution in [0.3, 0.4) is 0 Å². The third-order valence-electron chi connectivity index (χ3n) is 14.2. The molecule has 10 aromatic carbocycles. The van der Waals surface area contributed by atoms with Crippen molar-refractivity contribution in [2.75, 3.05) is 13.2 Å². The summed E-state index contributed by atoms with van der Waals surface area (Å²) in [7, 11) is 0. The summed E-state index contributed by atoms with van der Waals surface area (Å²) in [4.78, 5) is 12.3. The molecule has 0 fully saturated rings. The number of fused-ring (bicyclic) bond motifs is 5. The van der Waals surface area contributed by atoms with E-state index in [1.807, 2.05) is 200 Å². The first-order valence-corrected chi connectivity index (χ1v) is 27.4. The van der Waals surface area contributed by atoms with Gasteiger partial charge in [-0.3, -0.25) is 4.79 Å². The van der Waals surface area contributed by atoms with Crippen molar-refractivity contribution < 1.29 is 33.6 Å². The summed E-state index contributed by atoms with van der Waals surface area (Å²) in [5.41, 5.74) is 14.7. The maximum Gasteiger partial charge on any atom is 0.200 e.